The minimum atomic E-state index is 0.510. The predicted octanol–water partition coefficient (Wildman–Crippen LogP) is 1.86. The lowest BCUT2D eigenvalue weighted by Gasteiger charge is -1.98. The highest BCUT2D eigenvalue weighted by Gasteiger charge is 2.15. The summed E-state index contributed by atoms with van der Waals surface area (Å²) in [7, 11) is 3.54. The van der Waals surface area contributed by atoms with Crippen molar-refractivity contribution in [1.29, 1.82) is 0 Å². The summed E-state index contributed by atoms with van der Waals surface area (Å²) in [6.45, 7) is 4.93. The zero-order chi connectivity index (χ0) is 13.8. The largest absolute Gasteiger partial charge is 0.384 e. The van der Waals surface area contributed by atoms with Crippen LogP contribution >= 0.6 is 0 Å². The van der Waals surface area contributed by atoms with E-state index in [1.165, 1.54) is 0 Å². The number of hydrogen-bond donors (Lipinski definition) is 0. The standard InChI is InChI=1S/C13H20N4O2/c1-9(2)7-10-8-11(17(3)15-10)13-14-12(16-19-13)5-6-18-4/h8-9H,5-7H2,1-4H3. The van der Waals surface area contributed by atoms with Crippen molar-refractivity contribution < 1.29 is 9.26 Å². The van der Waals surface area contributed by atoms with E-state index >= 15 is 0 Å². The third-order valence-electron chi connectivity index (χ3n) is 2.76. The number of nitrogens with zero attached hydrogens (tertiary/aromatic N) is 4. The van der Waals surface area contributed by atoms with E-state index in [4.69, 9.17) is 9.26 Å². The molecule has 0 aliphatic heterocycles. The highest BCUT2D eigenvalue weighted by atomic mass is 16.5. The molecule has 6 heteroatoms. The van der Waals surface area contributed by atoms with Crippen LogP contribution in [0.25, 0.3) is 11.6 Å². The normalized spacial score (nSPS) is 11.4. The lowest BCUT2D eigenvalue weighted by molar-refractivity contribution is 0.199. The predicted molar refractivity (Wildman–Crippen MR) is 70.6 cm³/mol. The van der Waals surface area contributed by atoms with Crippen LogP contribution in [-0.2, 0) is 24.6 Å². The van der Waals surface area contributed by atoms with Gasteiger partial charge in [-0.1, -0.05) is 19.0 Å². The van der Waals surface area contributed by atoms with Crippen LogP contribution in [0.15, 0.2) is 10.6 Å². The average molecular weight is 264 g/mol. The molecule has 2 aromatic rings. The van der Waals surface area contributed by atoms with E-state index in [1.807, 2.05) is 13.1 Å². The van der Waals surface area contributed by atoms with E-state index in [1.54, 1.807) is 11.8 Å². The van der Waals surface area contributed by atoms with Crippen LogP contribution in [-0.4, -0.2) is 33.6 Å². The molecule has 2 heterocycles. The van der Waals surface area contributed by atoms with Gasteiger partial charge in [-0.25, -0.2) is 0 Å². The maximum absolute atomic E-state index is 5.27. The molecule has 0 saturated carbocycles. The highest BCUT2D eigenvalue weighted by molar-refractivity contribution is 5.47. The van der Waals surface area contributed by atoms with Crippen LogP contribution in [0.2, 0.25) is 0 Å². The van der Waals surface area contributed by atoms with E-state index in [0.29, 0.717) is 30.7 Å². The smallest absolute Gasteiger partial charge is 0.276 e. The molecular weight excluding hydrogens is 244 g/mol. The second-order valence-corrected chi connectivity index (χ2v) is 5.00. The maximum atomic E-state index is 5.27. The Kier molecular flexibility index (Phi) is 4.31. The first kappa shape index (κ1) is 13.7. The summed E-state index contributed by atoms with van der Waals surface area (Å²) in [5, 5.41) is 8.40. The van der Waals surface area contributed by atoms with Gasteiger partial charge in [0.15, 0.2) is 5.82 Å². The Hall–Kier alpha value is -1.69. The zero-order valence-corrected chi connectivity index (χ0v) is 11.9. The molecule has 6 nitrogen and oxygen atoms in total. The van der Waals surface area contributed by atoms with Gasteiger partial charge in [0.1, 0.15) is 5.69 Å². The van der Waals surface area contributed by atoms with Gasteiger partial charge in [0.25, 0.3) is 5.89 Å². The van der Waals surface area contributed by atoms with Crippen LogP contribution < -0.4 is 0 Å². The summed E-state index contributed by atoms with van der Waals surface area (Å²) in [6.07, 6.45) is 1.59. The van der Waals surface area contributed by atoms with Crippen molar-refractivity contribution >= 4 is 0 Å². The number of aryl methyl sites for hydroxylation is 1. The molecule has 2 rings (SSSR count). The van der Waals surface area contributed by atoms with E-state index in [2.05, 4.69) is 29.1 Å². The van der Waals surface area contributed by atoms with E-state index in [-0.39, 0.29) is 0 Å². The number of rotatable bonds is 6. The van der Waals surface area contributed by atoms with Crippen molar-refractivity contribution in [3.63, 3.8) is 0 Å². The van der Waals surface area contributed by atoms with Crippen LogP contribution in [0.1, 0.15) is 25.4 Å². The number of ether oxygens (including phenoxy) is 1. The van der Waals surface area contributed by atoms with Gasteiger partial charge in [0.05, 0.1) is 12.3 Å². The minimum absolute atomic E-state index is 0.510. The second kappa shape index (κ2) is 5.97. The highest BCUT2D eigenvalue weighted by Crippen LogP contribution is 2.19. The first-order valence-corrected chi connectivity index (χ1v) is 6.45. The van der Waals surface area contributed by atoms with Crippen LogP contribution in [0.4, 0.5) is 0 Å². The van der Waals surface area contributed by atoms with Gasteiger partial charge in [-0.05, 0) is 18.4 Å². The van der Waals surface area contributed by atoms with Gasteiger partial charge in [-0.15, -0.1) is 0 Å². The molecule has 0 aliphatic carbocycles. The molecule has 0 N–H and O–H groups in total. The topological polar surface area (TPSA) is 66.0 Å². The molecule has 0 bridgehead atoms. The third-order valence-corrected chi connectivity index (χ3v) is 2.76. The Bertz CT molecular complexity index is 530. The lowest BCUT2D eigenvalue weighted by atomic mass is 10.1. The Morgan fingerprint density at radius 3 is 2.89 bits per heavy atom. The molecule has 0 saturated heterocycles. The molecule has 0 aliphatic rings. The van der Waals surface area contributed by atoms with Crippen molar-refractivity contribution in [2.75, 3.05) is 13.7 Å². The van der Waals surface area contributed by atoms with Crippen LogP contribution in [0.5, 0.6) is 0 Å². The Morgan fingerprint density at radius 2 is 2.21 bits per heavy atom. The average Bonchev–Trinajstić information content (AvgIpc) is 2.92. The molecule has 104 valence electrons. The quantitative estimate of drug-likeness (QED) is 0.796. The maximum Gasteiger partial charge on any atom is 0.276 e. The summed E-state index contributed by atoms with van der Waals surface area (Å²) in [4.78, 5) is 4.35. The monoisotopic (exact) mass is 264 g/mol. The summed E-state index contributed by atoms with van der Waals surface area (Å²) >= 11 is 0. The van der Waals surface area contributed by atoms with E-state index in [0.717, 1.165) is 17.8 Å². The van der Waals surface area contributed by atoms with Gasteiger partial charge in [-0.2, -0.15) is 10.1 Å². The molecular formula is C13H20N4O2. The zero-order valence-electron chi connectivity index (χ0n) is 11.9. The minimum Gasteiger partial charge on any atom is -0.384 e. The summed E-state index contributed by atoms with van der Waals surface area (Å²) in [6, 6.07) is 2.01. The van der Waals surface area contributed by atoms with Crippen LogP contribution in [0, 0.1) is 5.92 Å². The molecule has 0 unspecified atom stereocenters. The Balaban J connectivity index is 2.16. The van der Waals surface area contributed by atoms with Crippen molar-refractivity contribution in [3.8, 4) is 11.6 Å². The molecule has 0 radical (unpaired) electrons. The fourth-order valence-electron chi connectivity index (χ4n) is 1.90. The van der Waals surface area contributed by atoms with Gasteiger partial charge >= 0.3 is 0 Å². The fraction of sp³-hybridized carbons (Fsp3) is 0.615. The molecule has 0 spiro atoms. The Labute approximate surface area is 112 Å². The lowest BCUT2D eigenvalue weighted by Crippen LogP contribution is -1.98. The van der Waals surface area contributed by atoms with Crippen LogP contribution in [0.3, 0.4) is 0 Å². The molecule has 0 fully saturated rings. The first-order valence-electron chi connectivity index (χ1n) is 6.45. The molecule has 0 amide bonds. The molecule has 0 atom stereocenters. The summed E-state index contributed by atoms with van der Waals surface area (Å²) in [5.41, 5.74) is 1.90. The van der Waals surface area contributed by atoms with Gasteiger partial charge in [0, 0.05) is 20.6 Å². The number of hydrogen-bond acceptors (Lipinski definition) is 5. The first-order chi connectivity index (χ1) is 9.10. The van der Waals surface area contributed by atoms with Crippen molar-refractivity contribution in [2.45, 2.75) is 26.7 Å². The Morgan fingerprint density at radius 1 is 1.42 bits per heavy atom. The van der Waals surface area contributed by atoms with Gasteiger partial charge in [-0.3, -0.25) is 4.68 Å². The molecule has 0 aromatic carbocycles. The fourth-order valence-corrected chi connectivity index (χ4v) is 1.90. The molecule has 19 heavy (non-hydrogen) atoms. The van der Waals surface area contributed by atoms with Crippen molar-refractivity contribution in [3.05, 3.63) is 17.6 Å². The van der Waals surface area contributed by atoms with Crippen molar-refractivity contribution in [1.82, 2.24) is 19.9 Å². The third kappa shape index (κ3) is 3.41. The van der Waals surface area contributed by atoms with Gasteiger partial charge in [0.2, 0.25) is 0 Å². The number of methoxy groups -OCH3 is 1. The van der Waals surface area contributed by atoms with E-state index in [9.17, 15) is 0 Å². The van der Waals surface area contributed by atoms with Gasteiger partial charge < -0.3 is 9.26 Å². The van der Waals surface area contributed by atoms with Crippen molar-refractivity contribution in [2.24, 2.45) is 13.0 Å². The molecule has 2 aromatic heterocycles. The summed E-state index contributed by atoms with van der Waals surface area (Å²) < 4.78 is 12.0. The SMILES string of the molecule is COCCc1noc(-c2cc(CC(C)C)nn2C)n1. The second-order valence-electron chi connectivity index (χ2n) is 5.00. The number of aromatic nitrogens is 4. The summed E-state index contributed by atoms with van der Waals surface area (Å²) in [5.74, 6) is 1.74. The van der Waals surface area contributed by atoms with E-state index < -0.39 is 0 Å².